The van der Waals surface area contributed by atoms with Crippen molar-refractivity contribution in [1.82, 2.24) is 0 Å². The van der Waals surface area contributed by atoms with Crippen molar-refractivity contribution < 1.29 is 14.7 Å². The van der Waals surface area contributed by atoms with E-state index in [1.165, 1.54) is 116 Å². The zero-order chi connectivity index (χ0) is 30.0. The summed E-state index contributed by atoms with van der Waals surface area (Å²) in [5, 5.41) is 8.83. The third-order valence-electron chi connectivity index (χ3n) is 9.36. The number of hydrogen-bond donors (Lipinski definition) is 1. The molecule has 1 rings (SSSR count). The van der Waals surface area contributed by atoms with Crippen LogP contribution in [0.5, 0.6) is 0 Å². The number of hydrogen-bond acceptors (Lipinski definition) is 2. The lowest BCUT2D eigenvalue weighted by molar-refractivity contribution is -0.137. The Kier molecular flexibility index (Phi) is 24.1. The van der Waals surface area contributed by atoms with E-state index in [2.05, 4.69) is 38.2 Å². The first-order chi connectivity index (χ1) is 20.0. The fourth-order valence-electron chi connectivity index (χ4n) is 6.85. The Morgan fingerprint density at radius 1 is 0.610 bits per heavy atom. The number of carbonyl (C=O) groups is 2. The summed E-state index contributed by atoms with van der Waals surface area (Å²) < 4.78 is 0. The van der Waals surface area contributed by atoms with E-state index in [9.17, 15) is 9.59 Å². The Balaban J connectivity index is 2.76. The molecule has 1 aliphatic rings. The molecule has 238 valence electrons. The molecule has 1 N–H and O–H groups in total. The number of rotatable bonds is 28. The van der Waals surface area contributed by atoms with Crippen LogP contribution in [0.25, 0.3) is 0 Å². The summed E-state index contributed by atoms with van der Waals surface area (Å²) in [5.41, 5.74) is 0. The third-order valence-corrected chi connectivity index (χ3v) is 9.36. The Morgan fingerprint density at radius 2 is 1.10 bits per heavy atom. The minimum atomic E-state index is -0.666. The quantitative estimate of drug-likeness (QED) is 0.0749. The minimum absolute atomic E-state index is 0.314. The van der Waals surface area contributed by atoms with E-state index < -0.39 is 5.97 Å². The lowest BCUT2D eigenvalue weighted by Gasteiger charge is -2.39. The van der Waals surface area contributed by atoms with Crippen LogP contribution in [0, 0.1) is 23.7 Å². The molecule has 0 spiro atoms. The average Bonchev–Trinajstić information content (AvgIpc) is 2.94. The first-order valence-corrected chi connectivity index (χ1v) is 18.1. The molecule has 3 heteroatoms. The largest absolute Gasteiger partial charge is 0.481 e. The molecule has 0 bridgehead atoms. The number of allylic oxidation sites excluding steroid dienone is 4. The van der Waals surface area contributed by atoms with Crippen LogP contribution in [0.15, 0.2) is 24.3 Å². The SMILES string of the molecule is CCCCCCCC1C(CCCCCC)C=CC(CCCCCCCC(C)=O)C1/C=C\CCCCCCCC(=O)O. The van der Waals surface area contributed by atoms with Crippen LogP contribution in [-0.2, 0) is 9.59 Å². The van der Waals surface area contributed by atoms with Gasteiger partial charge >= 0.3 is 5.97 Å². The predicted octanol–water partition coefficient (Wildman–Crippen LogP) is 12.0. The molecule has 0 amide bonds. The van der Waals surface area contributed by atoms with E-state index in [4.69, 9.17) is 5.11 Å². The number of carboxylic acids is 1. The van der Waals surface area contributed by atoms with Crippen molar-refractivity contribution in [3.63, 3.8) is 0 Å². The highest BCUT2D eigenvalue weighted by atomic mass is 16.4. The van der Waals surface area contributed by atoms with Crippen LogP contribution >= 0.6 is 0 Å². The lowest BCUT2D eigenvalue weighted by atomic mass is 9.66. The maximum Gasteiger partial charge on any atom is 0.303 e. The van der Waals surface area contributed by atoms with E-state index in [1.54, 1.807) is 6.92 Å². The molecule has 0 aliphatic heterocycles. The second kappa shape index (κ2) is 26.3. The molecule has 4 atom stereocenters. The highest BCUT2D eigenvalue weighted by Gasteiger charge is 2.33. The van der Waals surface area contributed by atoms with Crippen molar-refractivity contribution in [1.29, 1.82) is 0 Å². The van der Waals surface area contributed by atoms with Crippen LogP contribution in [0.1, 0.15) is 181 Å². The zero-order valence-electron chi connectivity index (χ0n) is 27.6. The minimum Gasteiger partial charge on any atom is -0.481 e. The number of unbranched alkanes of at least 4 members (excludes halogenated alkanes) is 16. The fraction of sp³-hybridized carbons (Fsp3) is 0.842. The Morgan fingerprint density at radius 3 is 1.73 bits per heavy atom. The van der Waals surface area contributed by atoms with Crippen LogP contribution < -0.4 is 0 Å². The van der Waals surface area contributed by atoms with Gasteiger partial charge in [-0.3, -0.25) is 4.79 Å². The Bertz CT molecular complexity index is 694. The Hall–Kier alpha value is -1.38. The summed E-state index contributed by atoms with van der Waals surface area (Å²) in [7, 11) is 0. The van der Waals surface area contributed by atoms with Crippen LogP contribution in [0.3, 0.4) is 0 Å². The van der Waals surface area contributed by atoms with Gasteiger partial charge in [0.1, 0.15) is 5.78 Å². The van der Waals surface area contributed by atoms with E-state index >= 15 is 0 Å². The maximum absolute atomic E-state index is 11.2. The molecule has 1 aliphatic carbocycles. The van der Waals surface area contributed by atoms with Crippen LogP contribution in [0.2, 0.25) is 0 Å². The molecule has 0 saturated heterocycles. The lowest BCUT2D eigenvalue weighted by Crippen LogP contribution is -2.30. The molecular weight excluding hydrogens is 504 g/mol. The second-order valence-corrected chi connectivity index (χ2v) is 13.1. The van der Waals surface area contributed by atoms with Gasteiger partial charge in [0.2, 0.25) is 0 Å². The summed E-state index contributed by atoms with van der Waals surface area (Å²) in [6.07, 6.45) is 40.5. The summed E-state index contributed by atoms with van der Waals surface area (Å²) in [6.45, 7) is 6.33. The highest BCUT2D eigenvalue weighted by Crippen LogP contribution is 2.43. The average molecular weight is 573 g/mol. The first kappa shape index (κ1) is 37.6. The van der Waals surface area contributed by atoms with Gasteiger partial charge < -0.3 is 9.90 Å². The molecule has 0 saturated carbocycles. The third kappa shape index (κ3) is 20.2. The van der Waals surface area contributed by atoms with Crippen molar-refractivity contribution >= 4 is 11.8 Å². The normalized spacial score (nSPS) is 20.7. The van der Waals surface area contributed by atoms with Gasteiger partial charge in [-0.15, -0.1) is 0 Å². The van der Waals surface area contributed by atoms with Crippen molar-refractivity contribution in [2.75, 3.05) is 0 Å². The van der Waals surface area contributed by atoms with Crippen molar-refractivity contribution in [3.8, 4) is 0 Å². The van der Waals surface area contributed by atoms with Crippen molar-refractivity contribution in [2.45, 2.75) is 181 Å². The summed E-state index contributed by atoms with van der Waals surface area (Å²) in [4.78, 5) is 22.0. The summed E-state index contributed by atoms with van der Waals surface area (Å²) in [6, 6.07) is 0. The van der Waals surface area contributed by atoms with Gasteiger partial charge in [0.15, 0.2) is 0 Å². The number of aliphatic carboxylic acids is 1. The number of carboxylic acid groups (broad SMARTS) is 1. The van der Waals surface area contributed by atoms with Gasteiger partial charge in [-0.2, -0.15) is 0 Å². The first-order valence-electron chi connectivity index (χ1n) is 18.1. The topological polar surface area (TPSA) is 54.4 Å². The molecule has 0 heterocycles. The molecule has 4 unspecified atom stereocenters. The van der Waals surface area contributed by atoms with Crippen molar-refractivity contribution in [2.24, 2.45) is 23.7 Å². The number of ketones is 1. The van der Waals surface area contributed by atoms with Crippen LogP contribution in [0.4, 0.5) is 0 Å². The Labute approximate surface area is 255 Å². The van der Waals surface area contributed by atoms with Gasteiger partial charge in [-0.1, -0.05) is 141 Å². The molecular formula is C38H68O3. The molecule has 0 radical (unpaired) electrons. The van der Waals surface area contributed by atoms with E-state index in [-0.39, 0.29) is 0 Å². The molecule has 3 nitrogen and oxygen atoms in total. The predicted molar refractivity (Wildman–Crippen MR) is 177 cm³/mol. The fourth-order valence-corrected chi connectivity index (χ4v) is 6.85. The molecule has 0 aromatic rings. The van der Waals surface area contributed by atoms with Gasteiger partial charge in [-0.25, -0.2) is 0 Å². The summed E-state index contributed by atoms with van der Waals surface area (Å²) >= 11 is 0. The molecule has 0 aromatic carbocycles. The smallest absolute Gasteiger partial charge is 0.303 e. The monoisotopic (exact) mass is 573 g/mol. The second-order valence-electron chi connectivity index (χ2n) is 13.1. The number of carbonyl (C=O) groups excluding carboxylic acids is 1. The standard InChI is InChI=1S/C38H68O3/c1-4-6-8-14-22-28-36-34(26-20-9-7-5-2)31-32-35(27-21-16-13-15-19-25-33(3)39)37(36)29-23-17-11-10-12-18-24-30-38(40)41/h23,29,31-32,34-37H,4-22,24-28,30H2,1-3H3,(H,40,41)/b29-23-. The molecule has 41 heavy (non-hydrogen) atoms. The van der Waals surface area contributed by atoms with Crippen molar-refractivity contribution in [3.05, 3.63) is 24.3 Å². The van der Waals surface area contributed by atoms with Gasteiger partial charge in [0, 0.05) is 12.8 Å². The zero-order valence-corrected chi connectivity index (χ0v) is 27.6. The van der Waals surface area contributed by atoms with Crippen LogP contribution in [-0.4, -0.2) is 16.9 Å². The van der Waals surface area contributed by atoms with E-state index in [0.29, 0.717) is 24.0 Å². The number of Topliss-reactive ketones (excluding diaryl/α,β-unsaturated/α-hetero) is 1. The van der Waals surface area contributed by atoms with Gasteiger partial charge in [-0.05, 0) is 75.5 Å². The van der Waals surface area contributed by atoms with E-state index in [0.717, 1.165) is 50.4 Å². The van der Waals surface area contributed by atoms with Gasteiger partial charge in [0.05, 0.1) is 0 Å². The van der Waals surface area contributed by atoms with E-state index in [1.807, 2.05) is 0 Å². The maximum atomic E-state index is 11.2. The van der Waals surface area contributed by atoms with Gasteiger partial charge in [0.25, 0.3) is 0 Å². The summed E-state index contributed by atoms with van der Waals surface area (Å²) in [5.74, 6) is 2.54. The molecule has 0 fully saturated rings. The molecule has 0 aromatic heterocycles. The highest BCUT2D eigenvalue weighted by molar-refractivity contribution is 5.75.